The van der Waals surface area contributed by atoms with Crippen LogP contribution in [0.1, 0.15) is 5.56 Å². The highest BCUT2D eigenvalue weighted by atomic mass is 15.0. The van der Waals surface area contributed by atoms with E-state index in [4.69, 9.17) is 0 Å². The van der Waals surface area contributed by atoms with Crippen molar-refractivity contribution in [3.05, 3.63) is 200 Å². The first-order valence-corrected chi connectivity index (χ1v) is 18.0. The lowest BCUT2D eigenvalue weighted by atomic mass is 9.85. The smallest absolute Gasteiger partial charge is 0.0998 e. The fourth-order valence-corrected chi connectivity index (χ4v) is 8.26. The number of fused-ring (bicyclic) bond motifs is 5. The Morgan fingerprint density at radius 3 is 1.40 bits per heavy atom. The molecule has 0 bridgehead atoms. The van der Waals surface area contributed by atoms with Crippen LogP contribution in [0, 0.1) is 11.3 Å². The lowest BCUT2D eigenvalue weighted by Gasteiger charge is -2.18. The zero-order valence-electron chi connectivity index (χ0n) is 28.9. The number of benzene rings is 9. The van der Waals surface area contributed by atoms with Crippen molar-refractivity contribution in [3.63, 3.8) is 0 Å². The number of nitrogens with zero attached hydrogens (tertiary/aromatic N) is 2. The zero-order chi connectivity index (χ0) is 35.3. The van der Waals surface area contributed by atoms with Gasteiger partial charge < -0.3 is 4.57 Å². The molecule has 0 aliphatic carbocycles. The van der Waals surface area contributed by atoms with Gasteiger partial charge in [0.2, 0.25) is 0 Å². The third-order valence-electron chi connectivity index (χ3n) is 10.6. The first-order chi connectivity index (χ1) is 26.3. The predicted octanol–water partition coefficient (Wildman–Crippen LogP) is 13.6. The Morgan fingerprint density at radius 2 is 0.811 bits per heavy atom. The van der Waals surface area contributed by atoms with E-state index in [1.165, 1.54) is 54.6 Å². The van der Waals surface area contributed by atoms with Gasteiger partial charge in [-0.25, -0.2) is 0 Å². The van der Waals surface area contributed by atoms with Crippen molar-refractivity contribution in [2.75, 3.05) is 0 Å². The molecule has 0 spiro atoms. The summed E-state index contributed by atoms with van der Waals surface area (Å²) in [4.78, 5) is 0. The van der Waals surface area contributed by atoms with Gasteiger partial charge in [0, 0.05) is 22.0 Å². The van der Waals surface area contributed by atoms with Crippen molar-refractivity contribution in [3.8, 4) is 56.3 Å². The summed E-state index contributed by atoms with van der Waals surface area (Å²) in [5.74, 6) is 0. The molecule has 2 nitrogen and oxygen atoms in total. The molecule has 2 heteroatoms. The first-order valence-electron chi connectivity index (χ1n) is 18.0. The van der Waals surface area contributed by atoms with Crippen molar-refractivity contribution < 1.29 is 0 Å². The maximum absolute atomic E-state index is 10.2. The average molecular weight is 673 g/mol. The highest BCUT2D eigenvalue weighted by Gasteiger charge is 2.18. The third-order valence-corrected chi connectivity index (χ3v) is 10.6. The Hall–Kier alpha value is -7.21. The number of aromatic nitrogens is 1. The van der Waals surface area contributed by atoms with E-state index in [0.717, 1.165) is 39.0 Å². The van der Waals surface area contributed by atoms with Gasteiger partial charge in [0.15, 0.2) is 0 Å². The number of hydrogen-bond acceptors (Lipinski definition) is 1. The van der Waals surface area contributed by atoms with Gasteiger partial charge in [-0.1, -0.05) is 158 Å². The summed E-state index contributed by atoms with van der Waals surface area (Å²) in [6, 6.07) is 71.5. The molecule has 0 saturated carbocycles. The molecule has 0 aliphatic rings. The molecule has 1 aromatic heterocycles. The monoisotopic (exact) mass is 672 g/mol. The van der Waals surface area contributed by atoms with Crippen LogP contribution in [0.5, 0.6) is 0 Å². The summed E-state index contributed by atoms with van der Waals surface area (Å²) in [5, 5.41) is 17.6. The van der Waals surface area contributed by atoms with Crippen LogP contribution in [-0.2, 0) is 0 Å². The molecule has 9 aromatic carbocycles. The molecule has 246 valence electrons. The van der Waals surface area contributed by atoms with Gasteiger partial charge >= 0.3 is 0 Å². The molecule has 10 rings (SSSR count). The van der Waals surface area contributed by atoms with Crippen LogP contribution in [-0.4, -0.2) is 4.57 Å². The molecule has 0 saturated heterocycles. The predicted molar refractivity (Wildman–Crippen MR) is 222 cm³/mol. The molecule has 0 N–H and O–H groups in total. The highest BCUT2D eigenvalue weighted by molar-refractivity contribution is 6.21. The normalized spacial score (nSPS) is 11.4. The van der Waals surface area contributed by atoms with E-state index in [1.807, 2.05) is 6.07 Å². The van der Waals surface area contributed by atoms with Gasteiger partial charge in [-0.2, -0.15) is 5.26 Å². The fraction of sp³-hybridized carbons (Fsp3) is 0. The van der Waals surface area contributed by atoms with Crippen molar-refractivity contribution in [1.82, 2.24) is 4.57 Å². The van der Waals surface area contributed by atoms with Crippen LogP contribution >= 0.6 is 0 Å². The number of nitriles is 1. The summed E-state index contributed by atoms with van der Waals surface area (Å²) in [6.07, 6.45) is 0. The van der Waals surface area contributed by atoms with E-state index in [1.54, 1.807) is 0 Å². The molecule has 0 aliphatic heterocycles. The Balaban J connectivity index is 1.07. The van der Waals surface area contributed by atoms with Gasteiger partial charge in [-0.15, -0.1) is 0 Å². The number of para-hydroxylation sites is 2. The molecule has 1 heterocycles. The Labute approximate surface area is 308 Å². The van der Waals surface area contributed by atoms with Crippen LogP contribution in [0.4, 0.5) is 0 Å². The van der Waals surface area contributed by atoms with Gasteiger partial charge in [0.25, 0.3) is 0 Å². The fourth-order valence-electron chi connectivity index (χ4n) is 8.26. The second kappa shape index (κ2) is 12.5. The lowest BCUT2D eigenvalue weighted by molar-refractivity contribution is 1.18. The van der Waals surface area contributed by atoms with E-state index in [2.05, 4.69) is 199 Å². The summed E-state index contributed by atoms with van der Waals surface area (Å²) < 4.78 is 2.30. The average Bonchev–Trinajstić information content (AvgIpc) is 3.57. The van der Waals surface area contributed by atoms with Crippen molar-refractivity contribution in [1.29, 1.82) is 5.26 Å². The third kappa shape index (κ3) is 5.02. The van der Waals surface area contributed by atoms with Crippen molar-refractivity contribution in [2.45, 2.75) is 0 Å². The molecule has 53 heavy (non-hydrogen) atoms. The standard InChI is InChI=1S/C51H32N2/c52-33-39-29-30-40(53-48-23-10-8-17-41(48)42-18-9-11-24-49(42)53)32-47(39)35-27-25-34(26-28-35)37-15-12-16-38(31-37)51-45-21-6-4-19-43(45)50(36-13-2-1-3-14-36)44-20-5-7-22-46(44)51/h1-32H. The maximum Gasteiger partial charge on any atom is 0.0998 e. The maximum atomic E-state index is 10.2. The van der Waals surface area contributed by atoms with Crippen LogP contribution in [0.2, 0.25) is 0 Å². The second-order valence-corrected chi connectivity index (χ2v) is 13.6. The van der Waals surface area contributed by atoms with E-state index in [-0.39, 0.29) is 0 Å². The number of rotatable bonds is 5. The lowest BCUT2D eigenvalue weighted by Crippen LogP contribution is -1.96. The van der Waals surface area contributed by atoms with E-state index >= 15 is 0 Å². The number of hydrogen-bond donors (Lipinski definition) is 0. The topological polar surface area (TPSA) is 28.7 Å². The molecule has 0 atom stereocenters. The minimum atomic E-state index is 0.655. The summed E-state index contributed by atoms with van der Waals surface area (Å²) in [6.45, 7) is 0. The van der Waals surface area contributed by atoms with Gasteiger partial charge in [0.1, 0.15) is 0 Å². The molecular formula is C51H32N2. The first kappa shape index (κ1) is 30.6. The molecule has 0 radical (unpaired) electrons. The molecule has 0 unspecified atom stereocenters. The SMILES string of the molecule is N#Cc1ccc(-n2c3ccccc3c3ccccc32)cc1-c1ccc(-c2cccc(-c3c4ccccc4c(-c4ccccc4)c4ccccc34)c2)cc1. The largest absolute Gasteiger partial charge is 0.309 e. The Morgan fingerprint density at radius 1 is 0.340 bits per heavy atom. The van der Waals surface area contributed by atoms with Gasteiger partial charge in [-0.3, -0.25) is 0 Å². The van der Waals surface area contributed by atoms with E-state index in [9.17, 15) is 5.26 Å². The minimum Gasteiger partial charge on any atom is -0.309 e. The Bertz CT molecular complexity index is 2940. The van der Waals surface area contributed by atoms with Crippen LogP contribution in [0.3, 0.4) is 0 Å². The molecule has 0 amide bonds. The van der Waals surface area contributed by atoms with Gasteiger partial charge in [-0.05, 0) is 96.9 Å². The van der Waals surface area contributed by atoms with Crippen LogP contribution in [0.15, 0.2) is 194 Å². The Kier molecular flexibility index (Phi) is 7.23. The minimum absolute atomic E-state index is 0.655. The highest BCUT2D eigenvalue weighted by Crippen LogP contribution is 2.44. The summed E-state index contributed by atoms with van der Waals surface area (Å²) in [7, 11) is 0. The van der Waals surface area contributed by atoms with Crippen molar-refractivity contribution >= 4 is 43.4 Å². The van der Waals surface area contributed by atoms with E-state index < -0.39 is 0 Å². The summed E-state index contributed by atoms with van der Waals surface area (Å²) >= 11 is 0. The quantitative estimate of drug-likeness (QED) is 0.167. The summed E-state index contributed by atoms with van der Waals surface area (Å²) in [5.41, 5.74) is 13.1. The molecule has 10 aromatic rings. The molecule has 0 fully saturated rings. The molecular weight excluding hydrogens is 641 g/mol. The van der Waals surface area contributed by atoms with Crippen LogP contribution < -0.4 is 0 Å². The van der Waals surface area contributed by atoms with Gasteiger partial charge in [0.05, 0.1) is 22.7 Å². The van der Waals surface area contributed by atoms with E-state index in [0.29, 0.717) is 5.56 Å². The van der Waals surface area contributed by atoms with Crippen molar-refractivity contribution in [2.24, 2.45) is 0 Å². The van der Waals surface area contributed by atoms with Crippen LogP contribution in [0.25, 0.3) is 93.5 Å². The second-order valence-electron chi connectivity index (χ2n) is 13.6. The zero-order valence-corrected chi connectivity index (χ0v) is 28.9.